The van der Waals surface area contributed by atoms with Crippen molar-refractivity contribution >= 4 is 5.97 Å². The molecule has 0 radical (unpaired) electrons. The number of likely N-dealkylation sites (tertiary alicyclic amines) is 1. The number of aromatic nitrogens is 2. The molecule has 0 amide bonds. The van der Waals surface area contributed by atoms with Gasteiger partial charge >= 0.3 is 5.97 Å². The number of carbonyl (C=O) groups is 1. The van der Waals surface area contributed by atoms with Crippen LogP contribution >= 0.6 is 0 Å². The zero-order chi connectivity index (χ0) is 14.0. The van der Waals surface area contributed by atoms with Crippen LogP contribution in [0.4, 0.5) is 0 Å². The molecule has 0 aromatic carbocycles. The van der Waals surface area contributed by atoms with Crippen LogP contribution in [0, 0.1) is 5.92 Å². The molecule has 1 saturated heterocycles. The average molecular weight is 267 g/mol. The van der Waals surface area contributed by atoms with Crippen molar-refractivity contribution in [3.8, 4) is 0 Å². The molecule has 2 unspecified atom stereocenters. The van der Waals surface area contributed by atoms with E-state index < -0.39 is 12.0 Å². The smallest absolute Gasteiger partial charge is 0.320 e. The van der Waals surface area contributed by atoms with Gasteiger partial charge in [0.1, 0.15) is 6.04 Å². The first-order chi connectivity index (χ1) is 8.97. The summed E-state index contributed by atoms with van der Waals surface area (Å²) in [6.07, 6.45) is 1.69. The van der Waals surface area contributed by atoms with Crippen molar-refractivity contribution in [3.05, 3.63) is 11.7 Å². The summed E-state index contributed by atoms with van der Waals surface area (Å²) < 4.78 is 5.19. The van der Waals surface area contributed by atoms with E-state index in [1.54, 1.807) is 0 Å². The number of carboxylic acid groups (broad SMARTS) is 1. The number of rotatable bonds is 4. The summed E-state index contributed by atoms with van der Waals surface area (Å²) in [6.45, 7) is 7.27. The largest absolute Gasteiger partial charge is 0.480 e. The lowest BCUT2D eigenvalue weighted by molar-refractivity contribution is -0.145. The lowest BCUT2D eigenvalue weighted by Crippen LogP contribution is -2.46. The molecule has 1 N–H and O–H groups in total. The van der Waals surface area contributed by atoms with Crippen LogP contribution in [0.2, 0.25) is 0 Å². The minimum atomic E-state index is -0.768. The van der Waals surface area contributed by atoms with Gasteiger partial charge in [-0.25, -0.2) is 0 Å². The Bertz CT molecular complexity index is 444. The van der Waals surface area contributed by atoms with E-state index in [1.165, 1.54) is 0 Å². The lowest BCUT2D eigenvalue weighted by Gasteiger charge is -2.34. The van der Waals surface area contributed by atoms with E-state index in [1.807, 2.05) is 18.7 Å². The summed E-state index contributed by atoms with van der Waals surface area (Å²) in [5.74, 6) is 1.08. The molecule has 0 bridgehead atoms. The van der Waals surface area contributed by atoms with E-state index >= 15 is 0 Å². The molecule has 19 heavy (non-hydrogen) atoms. The van der Waals surface area contributed by atoms with Gasteiger partial charge in [0.25, 0.3) is 0 Å². The molecule has 2 heterocycles. The predicted molar refractivity (Wildman–Crippen MR) is 68.6 cm³/mol. The molecular weight excluding hydrogens is 246 g/mol. The van der Waals surface area contributed by atoms with Crippen LogP contribution in [0.25, 0.3) is 0 Å². The molecule has 1 aromatic heterocycles. The number of nitrogens with zero attached hydrogens (tertiary/aromatic N) is 3. The van der Waals surface area contributed by atoms with Crippen molar-refractivity contribution in [3.63, 3.8) is 0 Å². The van der Waals surface area contributed by atoms with E-state index in [0.29, 0.717) is 30.6 Å². The second kappa shape index (κ2) is 5.69. The molecule has 6 heteroatoms. The van der Waals surface area contributed by atoms with Gasteiger partial charge in [0.2, 0.25) is 5.89 Å². The standard InChI is InChI=1S/C13H21N3O3/c1-8(2)12-14-11(19-15-12)7-16-5-4-9(3)6-10(16)13(17)18/h8-10H,4-7H2,1-3H3,(H,17,18). The van der Waals surface area contributed by atoms with Gasteiger partial charge in [-0.05, 0) is 25.3 Å². The molecule has 1 aliphatic heterocycles. The molecule has 2 rings (SSSR count). The van der Waals surface area contributed by atoms with Gasteiger partial charge in [-0.2, -0.15) is 4.98 Å². The molecule has 2 atom stereocenters. The maximum absolute atomic E-state index is 11.3. The molecule has 1 aromatic rings. The Morgan fingerprint density at radius 3 is 2.89 bits per heavy atom. The second-order valence-corrected chi connectivity index (χ2v) is 5.66. The van der Waals surface area contributed by atoms with Crippen LogP contribution in [0.3, 0.4) is 0 Å². The third-order valence-corrected chi connectivity index (χ3v) is 3.60. The Morgan fingerprint density at radius 2 is 2.32 bits per heavy atom. The monoisotopic (exact) mass is 267 g/mol. The number of hydrogen-bond donors (Lipinski definition) is 1. The van der Waals surface area contributed by atoms with Crippen LogP contribution in [-0.2, 0) is 11.3 Å². The van der Waals surface area contributed by atoms with Crippen LogP contribution in [0.5, 0.6) is 0 Å². The molecule has 106 valence electrons. The maximum Gasteiger partial charge on any atom is 0.320 e. The van der Waals surface area contributed by atoms with Gasteiger partial charge < -0.3 is 9.63 Å². The van der Waals surface area contributed by atoms with E-state index in [0.717, 1.165) is 13.0 Å². The maximum atomic E-state index is 11.3. The third kappa shape index (κ3) is 3.32. The first-order valence-electron chi connectivity index (χ1n) is 6.76. The van der Waals surface area contributed by atoms with Crippen molar-refractivity contribution in [2.75, 3.05) is 6.54 Å². The van der Waals surface area contributed by atoms with Crippen LogP contribution < -0.4 is 0 Å². The zero-order valence-corrected chi connectivity index (χ0v) is 11.7. The summed E-state index contributed by atoms with van der Waals surface area (Å²) in [6, 6.07) is -0.446. The summed E-state index contributed by atoms with van der Waals surface area (Å²) in [5, 5.41) is 13.2. The lowest BCUT2D eigenvalue weighted by atomic mass is 9.92. The average Bonchev–Trinajstić information content (AvgIpc) is 2.80. The normalized spacial score (nSPS) is 24.8. The minimum absolute atomic E-state index is 0.217. The minimum Gasteiger partial charge on any atom is -0.480 e. The first kappa shape index (κ1) is 14.0. The van der Waals surface area contributed by atoms with E-state index in [4.69, 9.17) is 4.52 Å². The van der Waals surface area contributed by atoms with Gasteiger partial charge in [-0.1, -0.05) is 25.9 Å². The summed E-state index contributed by atoms with van der Waals surface area (Å²) in [5.41, 5.74) is 0. The highest BCUT2D eigenvalue weighted by Gasteiger charge is 2.32. The fraction of sp³-hybridized carbons (Fsp3) is 0.769. The van der Waals surface area contributed by atoms with Gasteiger partial charge in [-0.15, -0.1) is 0 Å². The molecular formula is C13H21N3O3. The Morgan fingerprint density at radius 1 is 1.58 bits per heavy atom. The third-order valence-electron chi connectivity index (χ3n) is 3.60. The number of aliphatic carboxylic acids is 1. The Labute approximate surface area is 112 Å². The molecule has 0 saturated carbocycles. The Kier molecular flexibility index (Phi) is 4.19. The van der Waals surface area contributed by atoms with Crippen LogP contribution in [0.1, 0.15) is 51.2 Å². The zero-order valence-electron chi connectivity index (χ0n) is 11.7. The number of hydrogen-bond acceptors (Lipinski definition) is 5. The van der Waals surface area contributed by atoms with E-state index in [-0.39, 0.29) is 5.92 Å². The molecule has 1 aliphatic rings. The van der Waals surface area contributed by atoms with Gasteiger partial charge in [0, 0.05) is 5.92 Å². The summed E-state index contributed by atoms with van der Waals surface area (Å²) in [4.78, 5) is 17.5. The van der Waals surface area contributed by atoms with Crippen LogP contribution in [-0.4, -0.2) is 38.7 Å². The topological polar surface area (TPSA) is 79.5 Å². The van der Waals surface area contributed by atoms with Crippen molar-refractivity contribution in [2.24, 2.45) is 5.92 Å². The molecule has 6 nitrogen and oxygen atoms in total. The SMILES string of the molecule is CC1CCN(Cc2nc(C(C)C)no2)C(C(=O)O)C1. The van der Waals surface area contributed by atoms with Gasteiger partial charge in [0.05, 0.1) is 6.54 Å². The highest BCUT2D eigenvalue weighted by Crippen LogP contribution is 2.24. The Balaban J connectivity index is 2.05. The summed E-state index contributed by atoms with van der Waals surface area (Å²) >= 11 is 0. The fourth-order valence-corrected chi connectivity index (χ4v) is 2.38. The number of piperidine rings is 1. The van der Waals surface area contributed by atoms with Crippen molar-refractivity contribution < 1.29 is 14.4 Å². The van der Waals surface area contributed by atoms with Crippen LogP contribution in [0.15, 0.2) is 4.52 Å². The fourth-order valence-electron chi connectivity index (χ4n) is 2.38. The van der Waals surface area contributed by atoms with Crippen molar-refractivity contribution in [1.29, 1.82) is 0 Å². The van der Waals surface area contributed by atoms with Gasteiger partial charge in [0.15, 0.2) is 5.82 Å². The molecule has 0 spiro atoms. The van der Waals surface area contributed by atoms with Gasteiger partial charge in [-0.3, -0.25) is 9.69 Å². The first-order valence-corrected chi connectivity index (χ1v) is 6.76. The quantitative estimate of drug-likeness (QED) is 0.897. The van der Waals surface area contributed by atoms with Crippen molar-refractivity contribution in [1.82, 2.24) is 15.0 Å². The summed E-state index contributed by atoms with van der Waals surface area (Å²) in [7, 11) is 0. The highest BCUT2D eigenvalue weighted by atomic mass is 16.5. The number of carboxylic acids is 1. The second-order valence-electron chi connectivity index (χ2n) is 5.66. The molecule has 0 aliphatic carbocycles. The highest BCUT2D eigenvalue weighted by molar-refractivity contribution is 5.73. The molecule has 1 fully saturated rings. The van der Waals surface area contributed by atoms with E-state index in [9.17, 15) is 9.90 Å². The Hall–Kier alpha value is -1.43. The predicted octanol–water partition coefficient (Wildman–Crippen LogP) is 1.88. The van der Waals surface area contributed by atoms with Crippen molar-refractivity contribution in [2.45, 2.75) is 52.1 Å². The van der Waals surface area contributed by atoms with E-state index in [2.05, 4.69) is 17.1 Å².